The van der Waals surface area contributed by atoms with Crippen LogP contribution in [0.4, 0.5) is 0 Å². The van der Waals surface area contributed by atoms with E-state index in [1.54, 1.807) is 6.26 Å². The maximum Gasteiger partial charge on any atom is 0.123 e. The van der Waals surface area contributed by atoms with E-state index in [4.69, 9.17) is 9.15 Å². The fourth-order valence-electron chi connectivity index (χ4n) is 2.10. The fourth-order valence-corrected chi connectivity index (χ4v) is 2.10. The molecule has 0 radical (unpaired) electrons. The molecule has 78 valence electrons. The van der Waals surface area contributed by atoms with Gasteiger partial charge in [0.2, 0.25) is 0 Å². The maximum atomic E-state index is 5.51. The monoisotopic (exact) mass is 195 g/mol. The molecule has 0 aromatic carbocycles. The van der Waals surface area contributed by atoms with E-state index >= 15 is 0 Å². The Morgan fingerprint density at radius 3 is 2.93 bits per heavy atom. The van der Waals surface area contributed by atoms with Gasteiger partial charge in [0.25, 0.3) is 0 Å². The van der Waals surface area contributed by atoms with Crippen molar-refractivity contribution in [1.82, 2.24) is 5.32 Å². The van der Waals surface area contributed by atoms with Crippen molar-refractivity contribution in [2.75, 3.05) is 20.3 Å². The lowest BCUT2D eigenvalue weighted by Gasteiger charge is -2.20. The molecule has 1 aliphatic heterocycles. The highest BCUT2D eigenvalue weighted by Crippen LogP contribution is 2.30. The second kappa shape index (κ2) is 4.15. The molecule has 0 spiro atoms. The van der Waals surface area contributed by atoms with E-state index in [0.29, 0.717) is 12.0 Å². The van der Waals surface area contributed by atoms with Gasteiger partial charge in [0.1, 0.15) is 5.76 Å². The molecular formula is C11H17NO2. The summed E-state index contributed by atoms with van der Waals surface area (Å²) in [6.07, 6.45) is 2.87. The standard InChI is InChI=1S/C11H17NO2/c1-8-3-6-14-11(8)10(12-2)9-4-5-13-7-9/h3,6,9-10,12H,4-5,7H2,1-2H3. The summed E-state index contributed by atoms with van der Waals surface area (Å²) < 4.78 is 10.9. The Bertz CT molecular complexity index is 289. The highest BCUT2D eigenvalue weighted by molar-refractivity contribution is 5.19. The summed E-state index contributed by atoms with van der Waals surface area (Å²) in [4.78, 5) is 0. The minimum absolute atomic E-state index is 0.299. The molecule has 1 saturated heterocycles. The van der Waals surface area contributed by atoms with Crippen LogP contribution in [0.1, 0.15) is 23.8 Å². The molecule has 3 nitrogen and oxygen atoms in total. The zero-order valence-electron chi connectivity index (χ0n) is 8.75. The molecule has 2 unspecified atom stereocenters. The zero-order chi connectivity index (χ0) is 9.97. The first kappa shape index (κ1) is 9.74. The third kappa shape index (κ3) is 1.70. The van der Waals surface area contributed by atoms with E-state index in [-0.39, 0.29) is 0 Å². The largest absolute Gasteiger partial charge is 0.467 e. The van der Waals surface area contributed by atoms with E-state index in [1.165, 1.54) is 5.56 Å². The van der Waals surface area contributed by atoms with Crippen molar-refractivity contribution in [3.63, 3.8) is 0 Å². The molecule has 0 saturated carbocycles. The van der Waals surface area contributed by atoms with Gasteiger partial charge in [-0.05, 0) is 32.0 Å². The van der Waals surface area contributed by atoms with Crippen LogP contribution in [-0.4, -0.2) is 20.3 Å². The molecule has 0 bridgehead atoms. The van der Waals surface area contributed by atoms with Crippen molar-refractivity contribution in [2.24, 2.45) is 5.92 Å². The zero-order valence-corrected chi connectivity index (χ0v) is 8.75. The smallest absolute Gasteiger partial charge is 0.123 e. The molecule has 1 aromatic rings. The summed E-state index contributed by atoms with van der Waals surface area (Å²) in [5.41, 5.74) is 1.22. The van der Waals surface area contributed by atoms with Gasteiger partial charge in [0, 0.05) is 12.5 Å². The van der Waals surface area contributed by atoms with Gasteiger partial charge < -0.3 is 14.5 Å². The molecule has 3 heteroatoms. The lowest BCUT2D eigenvalue weighted by Crippen LogP contribution is -2.25. The van der Waals surface area contributed by atoms with Crippen molar-refractivity contribution < 1.29 is 9.15 Å². The Morgan fingerprint density at radius 2 is 2.43 bits per heavy atom. The summed E-state index contributed by atoms with van der Waals surface area (Å²) in [5, 5.41) is 3.31. The SMILES string of the molecule is CNC(c1occc1C)C1CCOC1. The molecule has 0 amide bonds. The van der Waals surface area contributed by atoms with E-state index in [9.17, 15) is 0 Å². The summed E-state index contributed by atoms with van der Waals surface area (Å²) in [5.74, 6) is 1.60. The summed E-state index contributed by atoms with van der Waals surface area (Å²) >= 11 is 0. The fraction of sp³-hybridized carbons (Fsp3) is 0.636. The Labute approximate surface area is 84.4 Å². The van der Waals surface area contributed by atoms with Crippen molar-refractivity contribution in [3.05, 3.63) is 23.7 Å². The maximum absolute atomic E-state index is 5.51. The van der Waals surface area contributed by atoms with Crippen LogP contribution >= 0.6 is 0 Å². The highest BCUT2D eigenvalue weighted by atomic mass is 16.5. The van der Waals surface area contributed by atoms with Crippen molar-refractivity contribution in [2.45, 2.75) is 19.4 Å². The first-order valence-corrected chi connectivity index (χ1v) is 5.12. The number of hydrogen-bond donors (Lipinski definition) is 1. The third-order valence-corrected chi connectivity index (χ3v) is 2.93. The van der Waals surface area contributed by atoms with Crippen molar-refractivity contribution >= 4 is 0 Å². The van der Waals surface area contributed by atoms with Crippen LogP contribution in [0.3, 0.4) is 0 Å². The van der Waals surface area contributed by atoms with E-state index in [0.717, 1.165) is 25.4 Å². The van der Waals surface area contributed by atoms with Crippen LogP contribution in [-0.2, 0) is 4.74 Å². The van der Waals surface area contributed by atoms with Crippen LogP contribution in [0.25, 0.3) is 0 Å². The van der Waals surface area contributed by atoms with Crippen LogP contribution in [0.2, 0.25) is 0 Å². The average Bonchev–Trinajstić information content (AvgIpc) is 2.80. The van der Waals surface area contributed by atoms with Gasteiger partial charge in [-0.2, -0.15) is 0 Å². The molecule has 2 rings (SSSR count). The lowest BCUT2D eigenvalue weighted by atomic mass is 9.95. The lowest BCUT2D eigenvalue weighted by molar-refractivity contribution is 0.174. The molecule has 1 aromatic heterocycles. The number of furan rings is 1. The first-order valence-electron chi connectivity index (χ1n) is 5.12. The molecular weight excluding hydrogens is 178 g/mol. The number of nitrogens with one attached hydrogen (secondary N) is 1. The van der Waals surface area contributed by atoms with Gasteiger partial charge in [-0.15, -0.1) is 0 Å². The predicted octanol–water partition coefficient (Wildman–Crippen LogP) is 1.89. The molecule has 2 atom stereocenters. The van der Waals surface area contributed by atoms with Gasteiger partial charge in [-0.1, -0.05) is 0 Å². The minimum atomic E-state index is 0.299. The van der Waals surface area contributed by atoms with Gasteiger partial charge in [-0.3, -0.25) is 0 Å². The summed E-state index contributed by atoms with van der Waals surface area (Å²) in [7, 11) is 1.98. The predicted molar refractivity (Wildman–Crippen MR) is 54.2 cm³/mol. The van der Waals surface area contributed by atoms with Crippen LogP contribution in [0.15, 0.2) is 16.7 Å². The normalized spacial score (nSPS) is 24.0. The van der Waals surface area contributed by atoms with Crippen molar-refractivity contribution in [3.8, 4) is 0 Å². The van der Waals surface area contributed by atoms with E-state index < -0.39 is 0 Å². The third-order valence-electron chi connectivity index (χ3n) is 2.93. The summed E-state index contributed by atoms with van der Waals surface area (Å²) in [6, 6.07) is 2.31. The van der Waals surface area contributed by atoms with Crippen LogP contribution in [0, 0.1) is 12.8 Å². The van der Waals surface area contributed by atoms with E-state index in [1.807, 2.05) is 13.1 Å². The number of aryl methyl sites for hydroxylation is 1. The molecule has 0 aliphatic carbocycles. The van der Waals surface area contributed by atoms with Gasteiger partial charge in [0.05, 0.1) is 18.9 Å². The Morgan fingerprint density at radius 1 is 1.57 bits per heavy atom. The number of hydrogen-bond acceptors (Lipinski definition) is 3. The van der Waals surface area contributed by atoms with Crippen LogP contribution < -0.4 is 5.32 Å². The van der Waals surface area contributed by atoms with Crippen molar-refractivity contribution in [1.29, 1.82) is 0 Å². The molecule has 1 fully saturated rings. The Kier molecular flexibility index (Phi) is 2.89. The Hall–Kier alpha value is -0.800. The van der Waals surface area contributed by atoms with Gasteiger partial charge >= 0.3 is 0 Å². The first-order chi connectivity index (χ1) is 6.83. The van der Waals surface area contributed by atoms with Gasteiger partial charge in [0.15, 0.2) is 0 Å². The molecule has 14 heavy (non-hydrogen) atoms. The number of ether oxygens (including phenoxy) is 1. The second-order valence-corrected chi connectivity index (χ2v) is 3.86. The average molecular weight is 195 g/mol. The summed E-state index contributed by atoms with van der Waals surface area (Å²) in [6.45, 7) is 3.80. The molecule has 2 heterocycles. The molecule has 1 N–H and O–H groups in total. The molecule has 1 aliphatic rings. The topological polar surface area (TPSA) is 34.4 Å². The number of rotatable bonds is 3. The van der Waals surface area contributed by atoms with E-state index in [2.05, 4.69) is 12.2 Å². The Balaban J connectivity index is 2.16. The second-order valence-electron chi connectivity index (χ2n) is 3.86. The minimum Gasteiger partial charge on any atom is -0.467 e. The van der Waals surface area contributed by atoms with Crippen LogP contribution in [0.5, 0.6) is 0 Å². The quantitative estimate of drug-likeness (QED) is 0.799. The highest BCUT2D eigenvalue weighted by Gasteiger charge is 2.28. The van der Waals surface area contributed by atoms with Gasteiger partial charge in [-0.25, -0.2) is 0 Å².